The van der Waals surface area contributed by atoms with Crippen LogP contribution in [0.4, 0.5) is 0 Å². The number of hydrogen-bond acceptors (Lipinski definition) is 3. The molecule has 92 valence electrons. The number of quaternary nitrogens is 1. The van der Waals surface area contributed by atoms with E-state index in [4.69, 9.17) is 9.47 Å². The molecule has 0 amide bonds. The Bertz CT molecular complexity index is 255. The van der Waals surface area contributed by atoms with Gasteiger partial charge in [-0.05, 0) is 18.9 Å². The molecule has 16 heavy (non-hydrogen) atoms. The lowest BCUT2D eigenvalue weighted by Gasteiger charge is -2.23. The standard InChI is InChI=1S/C12H22NO3/c1-13(2,3)8-7-12(14)16-10-11-6-4-5-9-15-11/h5,9,11H,4,6-8,10H2,1-3H3/q+1. The number of allylic oxidation sites excluding steroid dienone is 1. The topological polar surface area (TPSA) is 35.5 Å². The fourth-order valence-corrected chi connectivity index (χ4v) is 1.39. The third-order valence-corrected chi connectivity index (χ3v) is 2.44. The number of rotatable bonds is 5. The summed E-state index contributed by atoms with van der Waals surface area (Å²) in [4.78, 5) is 11.4. The first kappa shape index (κ1) is 13.0. The van der Waals surface area contributed by atoms with E-state index in [1.54, 1.807) is 6.26 Å². The zero-order valence-corrected chi connectivity index (χ0v) is 10.4. The Morgan fingerprint density at radius 2 is 2.25 bits per heavy atom. The molecule has 1 rings (SSSR count). The zero-order chi connectivity index (χ0) is 12.0. The lowest BCUT2D eigenvalue weighted by molar-refractivity contribution is -0.869. The average Bonchev–Trinajstić information content (AvgIpc) is 2.24. The van der Waals surface area contributed by atoms with Crippen LogP contribution < -0.4 is 0 Å². The van der Waals surface area contributed by atoms with E-state index < -0.39 is 0 Å². The van der Waals surface area contributed by atoms with E-state index in [1.165, 1.54) is 0 Å². The lowest BCUT2D eigenvalue weighted by Crippen LogP contribution is -2.36. The molecular formula is C12H22NO3+. The SMILES string of the molecule is C[N+](C)(C)CCC(=O)OCC1CCC=CO1. The van der Waals surface area contributed by atoms with Crippen molar-refractivity contribution in [3.8, 4) is 0 Å². The van der Waals surface area contributed by atoms with Gasteiger partial charge < -0.3 is 14.0 Å². The Kier molecular flexibility index (Phi) is 4.80. The van der Waals surface area contributed by atoms with Crippen molar-refractivity contribution in [1.82, 2.24) is 0 Å². The maximum atomic E-state index is 11.4. The van der Waals surface area contributed by atoms with Gasteiger partial charge in [0.2, 0.25) is 0 Å². The van der Waals surface area contributed by atoms with Crippen molar-refractivity contribution in [3.05, 3.63) is 12.3 Å². The first-order chi connectivity index (χ1) is 7.47. The second-order valence-electron chi connectivity index (χ2n) is 5.15. The molecule has 0 fully saturated rings. The van der Waals surface area contributed by atoms with Gasteiger partial charge in [-0.15, -0.1) is 0 Å². The minimum Gasteiger partial charge on any atom is -0.495 e. The summed E-state index contributed by atoms with van der Waals surface area (Å²) in [6.07, 6.45) is 6.11. The molecule has 0 aliphatic carbocycles. The minimum atomic E-state index is -0.133. The van der Waals surface area contributed by atoms with E-state index in [1.807, 2.05) is 6.08 Å². The Hall–Kier alpha value is -1.03. The van der Waals surface area contributed by atoms with Crippen LogP contribution >= 0.6 is 0 Å². The van der Waals surface area contributed by atoms with Gasteiger partial charge in [0.05, 0.1) is 40.4 Å². The van der Waals surface area contributed by atoms with Crippen LogP contribution in [0.2, 0.25) is 0 Å². The minimum absolute atomic E-state index is 0.0399. The third-order valence-electron chi connectivity index (χ3n) is 2.44. The summed E-state index contributed by atoms with van der Waals surface area (Å²) in [6.45, 7) is 1.17. The molecule has 0 spiro atoms. The van der Waals surface area contributed by atoms with Gasteiger partial charge in [-0.1, -0.05) is 0 Å². The van der Waals surface area contributed by atoms with Gasteiger partial charge in [-0.3, -0.25) is 4.79 Å². The van der Waals surface area contributed by atoms with Crippen molar-refractivity contribution < 1.29 is 18.8 Å². The molecular weight excluding hydrogens is 206 g/mol. The summed E-state index contributed by atoms with van der Waals surface area (Å²) in [5.74, 6) is -0.133. The smallest absolute Gasteiger partial charge is 0.311 e. The highest BCUT2D eigenvalue weighted by Gasteiger charge is 2.16. The van der Waals surface area contributed by atoms with E-state index in [0.717, 1.165) is 23.9 Å². The Balaban J connectivity index is 2.12. The van der Waals surface area contributed by atoms with Crippen LogP contribution in [0.15, 0.2) is 12.3 Å². The van der Waals surface area contributed by atoms with E-state index >= 15 is 0 Å². The van der Waals surface area contributed by atoms with Crippen LogP contribution in [0.3, 0.4) is 0 Å². The molecule has 0 saturated heterocycles. The fourth-order valence-electron chi connectivity index (χ4n) is 1.39. The number of carbonyl (C=O) groups is 1. The number of esters is 1. The highest BCUT2D eigenvalue weighted by atomic mass is 16.6. The Morgan fingerprint density at radius 1 is 1.50 bits per heavy atom. The van der Waals surface area contributed by atoms with Crippen molar-refractivity contribution >= 4 is 5.97 Å². The number of carbonyl (C=O) groups excluding carboxylic acids is 1. The maximum absolute atomic E-state index is 11.4. The second kappa shape index (κ2) is 5.89. The fraction of sp³-hybridized carbons (Fsp3) is 0.750. The van der Waals surface area contributed by atoms with Gasteiger partial charge in [0.1, 0.15) is 12.7 Å². The monoisotopic (exact) mass is 228 g/mol. The summed E-state index contributed by atoms with van der Waals surface area (Å²) in [6, 6.07) is 0. The predicted octanol–water partition coefficient (Wildman–Crippen LogP) is 1.32. The Labute approximate surface area is 97.4 Å². The van der Waals surface area contributed by atoms with Gasteiger partial charge in [0.25, 0.3) is 0 Å². The maximum Gasteiger partial charge on any atom is 0.311 e. The first-order valence-electron chi connectivity index (χ1n) is 5.74. The number of ether oxygens (including phenoxy) is 2. The van der Waals surface area contributed by atoms with Crippen LogP contribution in [0, 0.1) is 0 Å². The summed E-state index contributed by atoms with van der Waals surface area (Å²) in [5, 5.41) is 0. The number of nitrogens with zero attached hydrogens (tertiary/aromatic N) is 1. The second-order valence-corrected chi connectivity index (χ2v) is 5.15. The molecule has 1 heterocycles. The van der Waals surface area contributed by atoms with Crippen LogP contribution in [0.5, 0.6) is 0 Å². The summed E-state index contributed by atoms with van der Waals surface area (Å²) >= 11 is 0. The summed E-state index contributed by atoms with van der Waals surface area (Å²) < 4.78 is 11.3. The molecule has 0 radical (unpaired) electrons. The van der Waals surface area contributed by atoms with Crippen LogP contribution in [-0.2, 0) is 14.3 Å². The van der Waals surface area contributed by atoms with Gasteiger partial charge in [-0.25, -0.2) is 0 Å². The average molecular weight is 228 g/mol. The molecule has 1 aliphatic rings. The van der Waals surface area contributed by atoms with Crippen molar-refractivity contribution in [2.75, 3.05) is 34.3 Å². The molecule has 1 aliphatic heterocycles. The van der Waals surface area contributed by atoms with Crippen molar-refractivity contribution in [1.29, 1.82) is 0 Å². The molecule has 0 aromatic heterocycles. The van der Waals surface area contributed by atoms with Gasteiger partial charge in [0.15, 0.2) is 0 Å². The molecule has 0 aromatic carbocycles. The summed E-state index contributed by atoms with van der Waals surface area (Å²) in [5.41, 5.74) is 0. The molecule has 0 N–H and O–H groups in total. The van der Waals surface area contributed by atoms with E-state index in [2.05, 4.69) is 21.1 Å². The van der Waals surface area contributed by atoms with E-state index in [9.17, 15) is 4.79 Å². The molecule has 1 unspecified atom stereocenters. The lowest BCUT2D eigenvalue weighted by atomic mass is 10.2. The van der Waals surface area contributed by atoms with Crippen molar-refractivity contribution in [2.24, 2.45) is 0 Å². The van der Waals surface area contributed by atoms with Crippen LogP contribution in [0.25, 0.3) is 0 Å². The molecule has 4 heteroatoms. The van der Waals surface area contributed by atoms with Gasteiger partial charge >= 0.3 is 5.97 Å². The van der Waals surface area contributed by atoms with Gasteiger partial charge in [-0.2, -0.15) is 0 Å². The summed E-state index contributed by atoms with van der Waals surface area (Å²) in [7, 11) is 6.17. The van der Waals surface area contributed by atoms with Gasteiger partial charge in [0, 0.05) is 0 Å². The van der Waals surface area contributed by atoms with Crippen molar-refractivity contribution in [3.63, 3.8) is 0 Å². The third kappa shape index (κ3) is 5.75. The van der Waals surface area contributed by atoms with Crippen LogP contribution in [0.1, 0.15) is 19.3 Å². The van der Waals surface area contributed by atoms with Crippen molar-refractivity contribution in [2.45, 2.75) is 25.4 Å². The molecule has 1 atom stereocenters. The highest BCUT2D eigenvalue weighted by Crippen LogP contribution is 2.10. The molecule has 0 saturated carbocycles. The van der Waals surface area contributed by atoms with E-state index in [-0.39, 0.29) is 12.1 Å². The predicted molar refractivity (Wildman–Crippen MR) is 61.7 cm³/mol. The van der Waals surface area contributed by atoms with Crippen LogP contribution in [-0.4, -0.2) is 50.9 Å². The first-order valence-corrected chi connectivity index (χ1v) is 5.74. The number of hydrogen-bond donors (Lipinski definition) is 0. The quantitative estimate of drug-likeness (QED) is 0.526. The van der Waals surface area contributed by atoms with E-state index in [0.29, 0.717) is 13.0 Å². The molecule has 4 nitrogen and oxygen atoms in total. The normalized spacial score (nSPS) is 20.3. The molecule has 0 bridgehead atoms. The largest absolute Gasteiger partial charge is 0.495 e. The Morgan fingerprint density at radius 3 is 2.81 bits per heavy atom. The highest BCUT2D eigenvalue weighted by molar-refractivity contribution is 5.69. The molecule has 0 aromatic rings. The zero-order valence-electron chi connectivity index (χ0n) is 10.4.